The van der Waals surface area contributed by atoms with Gasteiger partial charge in [0.05, 0.1) is 19.3 Å². The van der Waals surface area contributed by atoms with E-state index in [9.17, 15) is 5.11 Å². The lowest BCUT2D eigenvalue weighted by molar-refractivity contribution is -0.0216. The van der Waals surface area contributed by atoms with E-state index in [2.05, 4.69) is 24.1 Å². The van der Waals surface area contributed by atoms with Gasteiger partial charge < -0.3 is 24.1 Å². The maximum absolute atomic E-state index is 10.7. The molecule has 2 heterocycles. The zero-order valence-electron chi connectivity index (χ0n) is 16.2. The summed E-state index contributed by atoms with van der Waals surface area (Å²) in [7, 11) is 5.58. The first kappa shape index (κ1) is 17.3. The summed E-state index contributed by atoms with van der Waals surface area (Å²) in [6.45, 7) is 1.24. The molecule has 1 aromatic rings. The molecule has 6 heteroatoms. The minimum atomic E-state index is -0.575. The standard InChI is InChI=1S/C21H27NO5/c1-22-7-6-21-10-17(24-2)15(23)9-13(21)14(22)5-4-12-8-16-19(27-11-26-16)20(25-3)18(12)21/h8-9,14-15,17,23H,4-7,10-11H2,1-3H3. The molecule has 2 bridgehead atoms. The zero-order valence-corrected chi connectivity index (χ0v) is 16.2. The van der Waals surface area contributed by atoms with Crippen LogP contribution < -0.4 is 14.2 Å². The normalized spacial score (nSPS) is 34.4. The summed E-state index contributed by atoms with van der Waals surface area (Å²) in [4.78, 5) is 2.42. The number of nitrogens with zero attached hydrogens (tertiary/aromatic N) is 1. The number of hydrogen-bond acceptors (Lipinski definition) is 6. The Kier molecular flexibility index (Phi) is 3.93. The van der Waals surface area contributed by atoms with Gasteiger partial charge >= 0.3 is 0 Å². The minimum absolute atomic E-state index is 0.199. The molecule has 2 aliphatic heterocycles. The second-order valence-corrected chi connectivity index (χ2v) is 8.14. The van der Waals surface area contributed by atoms with E-state index in [-0.39, 0.29) is 18.3 Å². The first-order valence-electron chi connectivity index (χ1n) is 9.72. The molecule has 0 aromatic heterocycles. The van der Waals surface area contributed by atoms with Crippen molar-refractivity contribution in [2.75, 3.05) is 34.6 Å². The number of hydrogen-bond donors (Lipinski definition) is 1. The molecule has 5 rings (SSSR count). The second kappa shape index (κ2) is 6.12. The van der Waals surface area contributed by atoms with E-state index in [4.69, 9.17) is 18.9 Å². The Bertz CT molecular complexity index is 806. The maximum atomic E-state index is 10.7. The van der Waals surface area contributed by atoms with Crippen LogP contribution in [0.2, 0.25) is 0 Å². The number of methoxy groups -OCH3 is 2. The van der Waals surface area contributed by atoms with Crippen LogP contribution in [0.15, 0.2) is 17.7 Å². The molecule has 4 atom stereocenters. The van der Waals surface area contributed by atoms with Gasteiger partial charge in [-0.05, 0) is 56.5 Å². The third kappa shape index (κ3) is 2.30. The fraction of sp³-hybridized carbons (Fsp3) is 0.619. The van der Waals surface area contributed by atoms with Crippen molar-refractivity contribution in [1.82, 2.24) is 4.90 Å². The largest absolute Gasteiger partial charge is 0.492 e. The third-order valence-corrected chi connectivity index (χ3v) is 6.99. The smallest absolute Gasteiger partial charge is 0.231 e. The number of aliphatic hydroxyl groups is 1. The summed E-state index contributed by atoms with van der Waals surface area (Å²) in [5.41, 5.74) is 3.60. The number of fused-ring (bicyclic) bond motifs is 2. The van der Waals surface area contributed by atoms with E-state index >= 15 is 0 Å². The first-order chi connectivity index (χ1) is 13.1. The molecular weight excluding hydrogens is 346 g/mol. The number of aryl methyl sites for hydroxylation is 1. The zero-order chi connectivity index (χ0) is 18.8. The number of likely N-dealkylation sites (N-methyl/N-ethyl adjacent to an activating group) is 1. The van der Waals surface area contributed by atoms with E-state index in [1.54, 1.807) is 14.2 Å². The summed E-state index contributed by atoms with van der Waals surface area (Å²) in [6.07, 6.45) is 4.95. The number of aliphatic hydroxyl groups excluding tert-OH is 1. The second-order valence-electron chi connectivity index (χ2n) is 8.14. The predicted molar refractivity (Wildman–Crippen MR) is 99.7 cm³/mol. The summed E-state index contributed by atoms with van der Waals surface area (Å²) >= 11 is 0. The van der Waals surface area contributed by atoms with Crippen molar-refractivity contribution in [2.45, 2.75) is 49.3 Å². The Morgan fingerprint density at radius 2 is 2.15 bits per heavy atom. The van der Waals surface area contributed by atoms with Gasteiger partial charge in [-0.2, -0.15) is 0 Å². The Morgan fingerprint density at radius 1 is 1.30 bits per heavy atom. The number of rotatable bonds is 2. The highest BCUT2D eigenvalue weighted by Gasteiger charge is 2.53. The average molecular weight is 373 g/mol. The minimum Gasteiger partial charge on any atom is -0.492 e. The highest BCUT2D eigenvalue weighted by Crippen LogP contribution is 2.58. The molecule has 0 spiro atoms. The Balaban J connectivity index is 1.79. The van der Waals surface area contributed by atoms with Gasteiger partial charge in [0.25, 0.3) is 0 Å². The van der Waals surface area contributed by atoms with Crippen molar-refractivity contribution in [3.8, 4) is 17.2 Å². The quantitative estimate of drug-likeness (QED) is 0.801. The number of benzene rings is 1. The Hall–Kier alpha value is -1.76. The van der Waals surface area contributed by atoms with Crippen LogP contribution in [-0.4, -0.2) is 62.9 Å². The third-order valence-electron chi connectivity index (χ3n) is 6.99. The summed E-state index contributed by atoms with van der Waals surface area (Å²) in [5.74, 6) is 2.28. The molecule has 27 heavy (non-hydrogen) atoms. The summed E-state index contributed by atoms with van der Waals surface area (Å²) in [6, 6.07) is 2.46. The van der Waals surface area contributed by atoms with Gasteiger partial charge in [0.15, 0.2) is 11.5 Å². The molecule has 0 saturated carbocycles. The average Bonchev–Trinajstić information content (AvgIpc) is 3.11. The van der Waals surface area contributed by atoms with Crippen molar-refractivity contribution in [1.29, 1.82) is 0 Å². The van der Waals surface area contributed by atoms with Crippen molar-refractivity contribution in [2.24, 2.45) is 0 Å². The van der Waals surface area contributed by atoms with E-state index in [1.807, 2.05) is 0 Å². The van der Waals surface area contributed by atoms with Gasteiger partial charge in [-0.1, -0.05) is 6.08 Å². The molecule has 0 amide bonds. The lowest BCUT2D eigenvalue weighted by Gasteiger charge is -2.51. The molecule has 0 radical (unpaired) electrons. The fourth-order valence-electron chi connectivity index (χ4n) is 5.71. The van der Waals surface area contributed by atoms with Gasteiger partial charge in [-0.15, -0.1) is 0 Å². The fourth-order valence-corrected chi connectivity index (χ4v) is 5.71. The van der Waals surface area contributed by atoms with Crippen LogP contribution in [0, 0.1) is 0 Å². The number of likely N-dealkylation sites (tertiary alicyclic amines) is 1. The molecule has 146 valence electrons. The highest BCUT2D eigenvalue weighted by atomic mass is 16.7. The molecule has 1 saturated heterocycles. The van der Waals surface area contributed by atoms with Crippen molar-refractivity contribution >= 4 is 0 Å². The van der Waals surface area contributed by atoms with Gasteiger partial charge in [-0.25, -0.2) is 0 Å². The summed E-state index contributed by atoms with van der Waals surface area (Å²) in [5, 5.41) is 10.7. The van der Waals surface area contributed by atoms with Gasteiger partial charge in [-0.3, -0.25) is 4.90 Å². The van der Waals surface area contributed by atoms with Gasteiger partial charge in [0, 0.05) is 24.1 Å². The van der Waals surface area contributed by atoms with Crippen LogP contribution in [0.4, 0.5) is 0 Å². The summed E-state index contributed by atoms with van der Waals surface area (Å²) < 4.78 is 23.1. The first-order valence-corrected chi connectivity index (χ1v) is 9.72. The molecule has 4 aliphatic rings. The molecular formula is C21H27NO5. The van der Waals surface area contributed by atoms with Crippen LogP contribution in [0.1, 0.15) is 30.4 Å². The van der Waals surface area contributed by atoms with Gasteiger partial charge in [0.1, 0.15) is 0 Å². The predicted octanol–water partition coefficient (Wildman–Crippen LogP) is 2.02. The van der Waals surface area contributed by atoms with Crippen molar-refractivity contribution in [3.05, 3.63) is 28.8 Å². The van der Waals surface area contributed by atoms with E-state index < -0.39 is 6.10 Å². The lowest BCUT2D eigenvalue weighted by Crippen LogP contribution is -2.54. The Labute approximate surface area is 159 Å². The molecule has 1 aromatic carbocycles. The number of piperidine rings is 1. The maximum Gasteiger partial charge on any atom is 0.231 e. The van der Waals surface area contributed by atoms with Crippen LogP contribution in [0.25, 0.3) is 0 Å². The van der Waals surface area contributed by atoms with Crippen LogP contribution >= 0.6 is 0 Å². The van der Waals surface area contributed by atoms with Crippen LogP contribution in [0.5, 0.6) is 17.2 Å². The van der Waals surface area contributed by atoms with Crippen molar-refractivity contribution in [3.63, 3.8) is 0 Å². The SMILES string of the molecule is COc1c2c(cc3c1C14CCN(C)C(CC3)C1=CC(O)C(OC)C4)OCO2. The lowest BCUT2D eigenvalue weighted by atomic mass is 9.60. The molecule has 4 unspecified atom stereocenters. The highest BCUT2D eigenvalue weighted by molar-refractivity contribution is 5.66. The molecule has 6 nitrogen and oxygen atoms in total. The van der Waals surface area contributed by atoms with Crippen LogP contribution in [0.3, 0.4) is 0 Å². The molecule has 1 N–H and O–H groups in total. The monoisotopic (exact) mass is 373 g/mol. The number of ether oxygens (including phenoxy) is 4. The van der Waals surface area contributed by atoms with E-state index in [1.165, 1.54) is 16.7 Å². The van der Waals surface area contributed by atoms with Crippen molar-refractivity contribution < 1.29 is 24.1 Å². The Morgan fingerprint density at radius 3 is 2.93 bits per heavy atom. The molecule has 1 fully saturated rings. The molecule has 2 aliphatic carbocycles. The van der Waals surface area contributed by atoms with Gasteiger partial charge in [0.2, 0.25) is 12.5 Å². The topological polar surface area (TPSA) is 60.4 Å². The van der Waals surface area contributed by atoms with E-state index in [0.29, 0.717) is 11.8 Å². The van der Waals surface area contributed by atoms with Crippen LogP contribution in [-0.2, 0) is 16.6 Å². The van der Waals surface area contributed by atoms with E-state index in [0.717, 1.165) is 43.7 Å².